The Hall–Kier alpha value is -2.21. The molecule has 0 radical (unpaired) electrons. The number of pyridine rings is 1. The zero-order valence-electron chi connectivity index (χ0n) is 12.5. The molecule has 0 spiro atoms. The first-order chi connectivity index (χ1) is 11.5. The zero-order valence-corrected chi connectivity index (χ0v) is 14.2. The van der Waals surface area contributed by atoms with Crippen molar-refractivity contribution >= 4 is 27.4 Å². The minimum atomic E-state index is -5.85. The zero-order chi connectivity index (χ0) is 18.8. The smallest absolute Gasteiger partial charge is 0.481 e. The average molecular weight is 396 g/mol. The number of carboxylic acids is 1. The van der Waals surface area contributed by atoms with Crippen molar-refractivity contribution in [2.45, 2.75) is 24.8 Å². The minimum Gasteiger partial charge on any atom is -0.481 e. The van der Waals surface area contributed by atoms with E-state index in [9.17, 15) is 26.4 Å². The molecule has 1 atom stereocenters. The van der Waals surface area contributed by atoms with Crippen LogP contribution in [0.25, 0.3) is 0 Å². The van der Waals surface area contributed by atoms with Crippen LogP contribution in [0, 0.1) is 6.92 Å². The standard InChI is InChI=1S/C13H11F3N2O5S2/c1-7-4-18-12(24-7)10(3-11(19)20)8-2-9(6-17-5-8)23-25(21,22)13(14,15)16/h2,4-6,10H,3H2,1H3,(H,19,20). The number of halogens is 3. The first-order valence-electron chi connectivity index (χ1n) is 6.59. The molecule has 0 fully saturated rings. The maximum atomic E-state index is 12.4. The first kappa shape index (κ1) is 19.1. The summed E-state index contributed by atoms with van der Waals surface area (Å²) in [6, 6.07) is 1.00. The van der Waals surface area contributed by atoms with Crippen LogP contribution in [0.4, 0.5) is 13.2 Å². The highest BCUT2D eigenvalue weighted by molar-refractivity contribution is 7.88. The van der Waals surface area contributed by atoms with Crippen LogP contribution < -0.4 is 4.18 Å². The lowest BCUT2D eigenvalue weighted by Crippen LogP contribution is -2.28. The Kier molecular flexibility index (Phi) is 5.32. The summed E-state index contributed by atoms with van der Waals surface area (Å²) in [7, 11) is -5.85. The topological polar surface area (TPSA) is 106 Å². The van der Waals surface area contributed by atoms with Crippen LogP contribution in [0.1, 0.15) is 27.8 Å². The summed E-state index contributed by atoms with van der Waals surface area (Å²) in [4.78, 5) is 19.6. The van der Waals surface area contributed by atoms with E-state index in [2.05, 4.69) is 14.2 Å². The Balaban J connectivity index is 2.39. The Morgan fingerprint density at radius 2 is 2.04 bits per heavy atom. The molecule has 2 heterocycles. The average Bonchev–Trinajstić information content (AvgIpc) is 2.89. The van der Waals surface area contributed by atoms with Crippen LogP contribution in [0.2, 0.25) is 0 Å². The van der Waals surface area contributed by atoms with E-state index in [0.29, 0.717) is 5.01 Å². The molecule has 2 aromatic heterocycles. The molecule has 12 heteroatoms. The Morgan fingerprint density at radius 1 is 1.36 bits per heavy atom. The maximum Gasteiger partial charge on any atom is 0.534 e. The first-order valence-corrected chi connectivity index (χ1v) is 8.82. The number of carbonyl (C=O) groups is 1. The summed E-state index contributed by atoms with van der Waals surface area (Å²) in [6.45, 7) is 1.76. The predicted molar refractivity (Wildman–Crippen MR) is 80.8 cm³/mol. The largest absolute Gasteiger partial charge is 0.534 e. The van der Waals surface area contributed by atoms with Crippen molar-refractivity contribution in [2.75, 3.05) is 0 Å². The van der Waals surface area contributed by atoms with Gasteiger partial charge in [-0.1, -0.05) is 0 Å². The molecule has 0 aromatic carbocycles. The molecule has 7 nitrogen and oxygen atoms in total. The molecule has 2 aromatic rings. The number of hydrogen-bond donors (Lipinski definition) is 1. The molecular weight excluding hydrogens is 385 g/mol. The number of alkyl halides is 3. The Bertz CT molecular complexity index is 880. The minimum absolute atomic E-state index is 0.173. The number of aliphatic carboxylic acids is 1. The second-order valence-electron chi connectivity index (χ2n) is 4.90. The van der Waals surface area contributed by atoms with Gasteiger partial charge in [0.1, 0.15) is 5.01 Å². The molecule has 0 bridgehead atoms. The van der Waals surface area contributed by atoms with Crippen molar-refractivity contribution < 1.29 is 35.7 Å². The molecule has 2 rings (SSSR count). The SMILES string of the molecule is Cc1cnc(C(CC(=O)O)c2cncc(OS(=O)(=O)C(F)(F)F)c2)s1. The van der Waals surface area contributed by atoms with Crippen LogP contribution in [0.15, 0.2) is 24.7 Å². The van der Waals surface area contributed by atoms with E-state index in [1.165, 1.54) is 23.7 Å². The fraction of sp³-hybridized carbons (Fsp3) is 0.308. The fourth-order valence-electron chi connectivity index (χ4n) is 1.90. The van der Waals surface area contributed by atoms with Crippen LogP contribution >= 0.6 is 11.3 Å². The Labute approximate surface area is 144 Å². The van der Waals surface area contributed by atoms with Crippen molar-refractivity contribution in [3.8, 4) is 5.75 Å². The highest BCUT2D eigenvalue weighted by Crippen LogP contribution is 2.33. The van der Waals surface area contributed by atoms with Gasteiger partial charge in [-0.05, 0) is 18.6 Å². The van der Waals surface area contributed by atoms with E-state index in [1.807, 2.05) is 0 Å². The van der Waals surface area contributed by atoms with Gasteiger partial charge in [0.05, 0.1) is 12.6 Å². The van der Waals surface area contributed by atoms with Gasteiger partial charge in [-0.2, -0.15) is 21.6 Å². The lowest BCUT2D eigenvalue weighted by Gasteiger charge is -2.14. The van der Waals surface area contributed by atoms with Crippen LogP contribution in [0.5, 0.6) is 5.75 Å². The fourth-order valence-corrected chi connectivity index (χ4v) is 3.24. The van der Waals surface area contributed by atoms with E-state index in [-0.39, 0.29) is 5.56 Å². The van der Waals surface area contributed by atoms with Crippen molar-refractivity contribution in [3.63, 3.8) is 0 Å². The molecular formula is C13H11F3N2O5S2. The maximum absolute atomic E-state index is 12.4. The van der Waals surface area contributed by atoms with Gasteiger partial charge in [0.2, 0.25) is 0 Å². The summed E-state index contributed by atoms with van der Waals surface area (Å²) in [6.07, 6.45) is 3.13. The van der Waals surface area contributed by atoms with Gasteiger partial charge in [0.25, 0.3) is 0 Å². The number of hydrogen-bond acceptors (Lipinski definition) is 7. The van der Waals surface area contributed by atoms with Crippen molar-refractivity contribution in [3.05, 3.63) is 40.1 Å². The lowest BCUT2D eigenvalue weighted by molar-refractivity contribution is -0.137. The van der Waals surface area contributed by atoms with Gasteiger partial charge < -0.3 is 9.29 Å². The number of carboxylic acid groups (broad SMARTS) is 1. The highest BCUT2D eigenvalue weighted by Gasteiger charge is 2.48. The molecule has 0 saturated carbocycles. The quantitative estimate of drug-likeness (QED) is 0.591. The van der Waals surface area contributed by atoms with Crippen LogP contribution in [-0.2, 0) is 14.9 Å². The normalized spacial score (nSPS) is 13.4. The lowest BCUT2D eigenvalue weighted by atomic mass is 9.98. The van der Waals surface area contributed by atoms with Gasteiger partial charge in [-0.3, -0.25) is 9.78 Å². The molecule has 0 aliphatic carbocycles. The van der Waals surface area contributed by atoms with E-state index >= 15 is 0 Å². The van der Waals surface area contributed by atoms with Crippen LogP contribution in [-0.4, -0.2) is 35.0 Å². The van der Waals surface area contributed by atoms with E-state index in [4.69, 9.17) is 5.11 Å². The highest BCUT2D eigenvalue weighted by atomic mass is 32.2. The van der Waals surface area contributed by atoms with Crippen molar-refractivity contribution in [2.24, 2.45) is 0 Å². The van der Waals surface area contributed by atoms with Gasteiger partial charge >= 0.3 is 21.6 Å². The number of nitrogens with zero attached hydrogens (tertiary/aromatic N) is 2. The van der Waals surface area contributed by atoms with E-state index in [1.54, 1.807) is 6.92 Å². The van der Waals surface area contributed by atoms with E-state index < -0.39 is 39.7 Å². The molecule has 0 amide bonds. The summed E-state index contributed by atoms with van der Waals surface area (Å²) >= 11 is 1.21. The molecule has 0 aliphatic heterocycles. The van der Waals surface area contributed by atoms with Gasteiger partial charge in [-0.25, -0.2) is 4.98 Å². The summed E-state index contributed by atoms with van der Waals surface area (Å²) < 4.78 is 63.4. The third kappa shape index (κ3) is 4.66. The summed E-state index contributed by atoms with van der Waals surface area (Å²) in [5, 5.41) is 9.47. The molecule has 1 N–H and O–H groups in total. The van der Waals surface area contributed by atoms with E-state index in [0.717, 1.165) is 17.1 Å². The molecule has 0 aliphatic rings. The summed E-state index contributed by atoms with van der Waals surface area (Å²) in [5.74, 6) is -2.63. The molecule has 25 heavy (non-hydrogen) atoms. The third-order valence-corrected chi connectivity index (χ3v) is 4.95. The van der Waals surface area contributed by atoms with Gasteiger partial charge in [0.15, 0.2) is 5.75 Å². The van der Waals surface area contributed by atoms with Crippen LogP contribution in [0.3, 0.4) is 0 Å². The van der Waals surface area contributed by atoms with Crippen molar-refractivity contribution in [1.82, 2.24) is 9.97 Å². The monoisotopic (exact) mass is 396 g/mol. The summed E-state index contributed by atoms with van der Waals surface area (Å²) in [5.41, 5.74) is -5.41. The second kappa shape index (κ2) is 6.96. The Morgan fingerprint density at radius 3 is 2.56 bits per heavy atom. The predicted octanol–water partition coefficient (Wildman–Crippen LogP) is 2.68. The third-order valence-electron chi connectivity index (χ3n) is 2.94. The van der Waals surface area contributed by atoms with Crippen molar-refractivity contribution in [1.29, 1.82) is 0 Å². The molecule has 136 valence electrons. The molecule has 1 unspecified atom stereocenters. The number of aromatic nitrogens is 2. The van der Waals surface area contributed by atoms with Gasteiger partial charge in [0, 0.05) is 23.2 Å². The number of aryl methyl sites for hydroxylation is 1. The van der Waals surface area contributed by atoms with Gasteiger partial charge in [-0.15, -0.1) is 11.3 Å². The second-order valence-corrected chi connectivity index (χ2v) is 7.70. The number of thiazole rings is 1. The number of rotatable bonds is 6. The molecule has 0 saturated heterocycles.